The van der Waals surface area contributed by atoms with Gasteiger partial charge in [0.15, 0.2) is 0 Å². The van der Waals surface area contributed by atoms with E-state index in [0.29, 0.717) is 19.4 Å². The van der Waals surface area contributed by atoms with Gasteiger partial charge in [0.05, 0.1) is 19.4 Å². The monoisotopic (exact) mass is 306 g/mol. The number of oxime groups is 1. The van der Waals surface area contributed by atoms with Crippen LogP contribution in [0.25, 0.3) is 0 Å². The average Bonchev–Trinajstić information content (AvgIpc) is 2.96. The molecule has 22 heavy (non-hydrogen) atoms. The normalized spacial score (nSPS) is 18.3. The van der Waals surface area contributed by atoms with Gasteiger partial charge in [-0.2, -0.15) is 0 Å². The summed E-state index contributed by atoms with van der Waals surface area (Å²) in [6.07, 6.45) is 0.595. The molecule has 120 valence electrons. The van der Waals surface area contributed by atoms with Crippen LogP contribution in [0, 0.1) is 0 Å². The van der Waals surface area contributed by atoms with Crippen LogP contribution < -0.4 is 10.1 Å². The highest BCUT2D eigenvalue weighted by atomic mass is 16.6. The minimum Gasteiger partial charge on any atom is -0.497 e. The van der Waals surface area contributed by atoms with Crippen LogP contribution in [0.3, 0.4) is 0 Å². The summed E-state index contributed by atoms with van der Waals surface area (Å²) in [7, 11) is 3.24. The van der Waals surface area contributed by atoms with Crippen LogP contribution in [0.1, 0.15) is 18.9 Å². The molecule has 0 saturated heterocycles. The maximum absolute atomic E-state index is 12.0. The molecule has 2 rings (SSSR count). The zero-order valence-electron chi connectivity index (χ0n) is 13.2. The molecule has 6 nitrogen and oxygen atoms in total. The van der Waals surface area contributed by atoms with E-state index in [9.17, 15) is 4.79 Å². The van der Waals surface area contributed by atoms with E-state index < -0.39 is 6.10 Å². The molecular weight excluding hydrogens is 284 g/mol. The van der Waals surface area contributed by atoms with E-state index >= 15 is 0 Å². The Labute approximate surface area is 130 Å². The van der Waals surface area contributed by atoms with E-state index in [0.717, 1.165) is 17.0 Å². The second-order valence-electron chi connectivity index (χ2n) is 5.35. The fourth-order valence-corrected chi connectivity index (χ4v) is 2.32. The number of amides is 1. The molecule has 0 aromatic heterocycles. The summed E-state index contributed by atoms with van der Waals surface area (Å²) in [5.74, 6) is 0.647. The van der Waals surface area contributed by atoms with Crippen LogP contribution in [-0.2, 0) is 20.8 Å². The Morgan fingerprint density at radius 1 is 1.50 bits per heavy atom. The number of ether oxygens (including phenoxy) is 2. The molecule has 0 radical (unpaired) electrons. The summed E-state index contributed by atoms with van der Waals surface area (Å²) in [5, 5.41) is 6.87. The first kappa shape index (κ1) is 16.3. The van der Waals surface area contributed by atoms with Gasteiger partial charge in [-0.05, 0) is 24.6 Å². The van der Waals surface area contributed by atoms with Crippen LogP contribution >= 0.6 is 0 Å². The average molecular weight is 306 g/mol. The number of hydrogen-bond acceptors (Lipinski definition) is 5. The van der Waals surface area contributed by atoms with Crippen molar-refractivity contribution >= 4 is 11.6 Å². The Hall–Kier alpha value is -2.08. The number of nitrogens with zero attached hydrogens (tertiary/aromatic N) is 1. The Balaban J connectivity index is 1.85. The lowest BCUT2D eigenvalue weighted by Crippen LogP contribution is -2.42. The van der Waals surface area contributed by atoms with Crippen molar-refractivity contribution in [2.75, 3.05) is 20.8 Å². The van der Waals surface area contributed by atoms with Crippen LogP contribution in [0.5, 0.6) is 5.75 Å². The van der Waals surface area contributed by atoms with Crippen LogP contribution in [0.15, 0.2) is 29.4 Å². The molecule has 1 aromatic carbocycles. The SMILES string of the molecule is COC[C@@H](C)NC(=O)[C@@H]1CC(Cc2cccc(OC)c2)=NO1. The molecule has 0 fully saturated rings. The predicted molar refractivity (Wildman–Crippen MR) is 83.1 cm³/mol. The number of benzene rings is 1. The fraction of sp³-hybridized carbons (Fsp3) is 0.500. The van der Waals surface area contributed by atoms with Crippen molar-refractivity contribution in [2.45, 2.75) is 31.9 Å². The molecule has 1 amide bonds. The number of methoxy groups -OCH3 is 2. The van der Waals surface area contributed by atoms with E-state index in [4.69, 9.17) is 14.3 Å². The first-order valence-electron chi connectivity index (χ1n) is 7.26. The van der Waals surface area contributed by atoms with Crippen molar-refractivity contribution in [3.05, 3.63) is 29.8 Å². The zero-order chi connectivity index (χ0) is 15.9. The molecular formula is C16H22N2O4. The summed E-state index contributed by atoms with van der Waals surface area (Å²) < 4.78 is 10.2. The number of carbonyl (C=O) groups excluding carboxylic acids is 1. The maximum Gasteiger partial charge on any atom is 0.264 e. The van der Waals surface area contributed by atoms with Crippen LogP contribution in [0.2, 0.25) is 0 Å². The molecule has 0 aliphatic carbocycles. The Kier molecular flexibility index (Phi) is 5.77. The minimum atomic E-state index is -0.556. The first-order valence-corrected chi connectivity index (χ1v) is 7.26. The van der Waals surface area contributed by atoms with E-state index in [1.807, 2.05) is 31.2 Å². The third-order valence-corrected chi connectivity index (χ3v) is 3.37. The molecule has 6 heteroatoms. The lowest BCUT2D eigenvalue weighted by molar-refractivity contribution is -0.132. The standard InChI is InChI=1S/C16H22N2O4/c1-11(10-20-2)17-16(19)15-9-13(18-22-15)7-12-5-4-6-14(8-12)21-3/h4-6,8,11,15H,7,9-10H2,1-3H3,(H,17,19)/t11-,15+/m1/s1. The summed E-state index contributed by atoms with van der Waals surface area (Å²) >= 11 is 0. The third kappa shape index (κ3) is 4.46. The molecule has 1 aliphatic heterocycles. The molecule has 0 saturated carbocycles. The van der Waals surface area contributed by atoms with Gasteiger partial charge in [-0.25, -0.2) is 0 Å². The fourth-order valence-electron chi connectivity index (χ4n) is 2.32. The highest BCUT2D eigenvalue weighted by molar-refractivity contribution is 5.94. The quantitative estimate of drug-likeness (QED) is 0.829. The molecule has 2 atom stereocenters. The van der Waals surface area contributed by atoms with Crippen molar-refractivity contribution < 1.29 is 19.1 Å². The van der Waals surface area contributed by atoms with Gasteiger partial charge in [0.1, 0.15) is 5.75 Å². The van der Waals surface area contributed by atoms with Gasteiger partial charge < -0.3 is 19.6 Å². The second kappa shape index (κ2) is 7.79. The van der Waals surface area contributed by atoms with Crippen molar-refractivity contribution in [1.29, 1.82) is 0 Å². The van der Waals surface area contributed by atoms with E-state index in [1.54, 1.807) is 14.2 Å². The summed E-state index contributed by atoms with van der Waals surface area (Å²) in [6, 6.07) is 7.73. The zero-order valence-corrected chi connectivity index (χ0v) is 13.2. The molecule has 1 aromatic rings. The van der Waals surface area contributed by atoms with Gasteiger partial charge in [0.25, 0.3) is 5.91 Å². The summed E-state index contributed by atoms with van der Waals surface area (Å²) in [4.78, 5) is 17.3. The number of nitrogens with one attached hydrogen (secondary N) is 1. The van der Waals surface area contributed by atoms with Crippen molar-refractivity contribution in [3.63, 3.8) is 0 Å². The molecule has 0 unspecified atom stereocenters. The second-order valence-corrected chi connectivity index (χ2v) is 5.35. The van der Waals surface area contributed by atoms with Gasteiger partial charge in [0, 0.05) is 26.0 Å². The van der Waals surface area contributed by atoms with Gasteiger partial charge in [-0.15, -0.1) is 0 Å². The van der Waals surface area contributed by atoms with Crippen LogP contribution in [0.4, 0.5) is 0 Å². The summed E-state index contributed by atoms with van der Waals surface area (Å²) in [5.41, 5.74) is 1.93. The molecule has 0 bridgehead atoms. The van der Waals surface area contributed by atoms with E-state index in [-0.39, 0.29) is 11.9 Å². The van der Waals surface area contributed by atoms with Crippen molar-refractivity contribution in [1.82, 2.24) is 5.32 Å². The maximum atomic E-state index is 12.0. The van der Waals surface area contributed by atoms with Crippen LogP contribution in [-0.4, -0.2) is 44.6 Å². The number of hydrogen-bond donors (Lipinski definition) is 1. The Bertz CT molecular complexity index is 545. The topological polar surface area (TPSA) is 69.2 Å². The molecule has 0 spiro atoms. The van der Waals surface area contributed by atoms with E-state index in [1.165, 1.54) is 0 Å². The molecule has 1 N–H and O–H groups in total. The highest BCUT2D eigenvalue weighted by Gasteiger charge is 2.28. The summed E-state index contributed by atoms with van der Waals surface area (Å²) in [6.45, 7) is 2.35. The lowest BCUT2D eigenvalue weighted by Gasteiger charge is -2.15. The van der Waals surface area contributed by atoms with Gasteiger partial charge in [-0.3, -0.25) is 4.79 Å². The first-order chi connectivity index (χ1) is 10.6. The van der Waals surface area contributed by atoms with Crippen molar-refractivity contribution in [2.24, 2.45) is 5.16 Å². The largest absolute Gasteiger partial charge is 0.497 e. The lowest BCUT2D eigenvalue weighted by atomic mass is 10.0. The third-order valence-electron chi connectivity index (χ3n) is 3.37. The molecule has 1 aliphatic rings. The highest BCUT2D eigenvalue weighted by Crippen LogP contribution is 2.18. The predicted octanol–water partition coefficient (Wildman–Crippen LogP) is 1.53. The number of carbonyl (C=O) groups is 1. The van der Waals surface area contributed by atoms with Gasteiger partial charge in [-0.1, -0.05) is 17.3 Å². The van der Waals surface area contributed by atoms with E-state index in [2.05, 4.69) is 10.5 Å². The van der Waals surface area contributed by atoms with Crippen molar-refractivity contribution in [3.8, 4) is 5.75 Å². The smallest absolute Gasteiger partial charge is 0.264 e. The Morgan fingerprint density at radius 3 is 3.05 bits per heavy atom. The van der Waals surface area contributed by atoms with Gasteiger partial charge >= 0.3 is 0 Å². The van der Waals surface area contributed by atoms with Gasteiger partial charge in [0.2, 0.25) is 6.10 Å². The minimum absolute atomic E-state index is 0.0523. The molecule has 1 heterocycles. The number of rotatable bonds is 7. The Morgan fingerprint density at radius 2 is 2.32 bits per heavy atom.